The molecule has 6 heteroatoms. The Bertz CT molecular complexity index is 1260. The Balaban J connectivity index is 1.74. The van der Waals surface area contributed by atoms with Crippen molar-refractivity contribution in [2.45, 2.75) is 62.5 Å². The molecule has 0 spiro atoms. The van der Waals surface area contributed by atoms with Crippen molar-refractivity contribution in [3.05, 3.63) is 83.1 Å². The molecule has 0 fully saturated rings. The Labute approximate surface area is 189 Å². The monoisotopic (exact) mass is 449 g/mol. The Hall–Kier alpha value is -2.86. The number of allylic oxidation sites excluding steroid dienone is 2. The summed E-state index contributed by atoms with van der Waals surface area (Å²) in [6.07, 6.45) is 4.01. The van der Waals surface area contributed by atoms with Gasteiger partial charge in [0.15, 0.2) is 5.78 Å². The summed E-state index contributed by atoms with van der Waals surface area (Å²) in [5.74, 6) is 0.00984. The maximum atomic E-state index is 14.0. The fourth-order valence-corrected chi connectivity index (χ4v) is 7.31. The van der Waals surface area contributed by atoms with Gasteiger partial charge in [0.1, 0.15) is 6.10 Å². The zero-order chi connectivity index (χ0) is 22.7. The third kappa shape index (κ3) is 2.96. The number of nitrogens with zero attached hydrogens (tertiary/aromatic N) is 1. The lowest BCUT2D eigenvalue weighted by Crippen LogP contribution is -2.56. The number of rotatable bonds is 3. The van der Waals surface area contributed by atoms with Gasteiger partial charge < -0.3 is 4.74 Å². The highest BCUT2D eigenvalue weighted by Crippen LogP contribution is 2.58. The van der Waals surface area contributed by atoms with Crippen LogP contribution in [0.5, 0.6) is 0 Å². The van der Waals surface area contributed by atoms with Crippen molar-refractivity contribution in [1.29, 1.82) is 0 Å². The number of carbonyl (C=O) groups is 1. The molecule has 2 aromatic carbocycles. The predicted molar refractivity (Wildman–Crippen MR) is 124 cm³/mol. The molecule has 2 aliphatic heterocycles. The molecule has 0 saturated heterocycles. The third-order valence-corrected chi connectivity index (χ3v) is 9.18. The van der Waals surface area contributed by atoms with E-state index in [0.29, 0.717) is 18.5 Å². The van der Waals surface area contributed by atoms with Crippen molar-refractivity contribution in [1.82, 2.24) is 0 Å². The first kappa shape index (κ1) is 21.0. The molecule has 0 radical (unpaired) electrons. The zero-order valence-electron chi connectivity index (χ0n) is 18.5. The SMILES string of the molecule is CC1=C(C)C[C@]2(C3CC(=O)C=CO3)c3ccccc3N(S(=O)(=O)c3ccc(C)cc3)[C@H]2C1. The second-order valence-corrected chi connectivity index (χ2v) is 11.0. The third-order valence-electron chi connectivity index (χ3n) is 7.34. The quantitative estimate of drug-likeness (QED) is 0.631. The molecule has 166 valence electrons. The molecule has 0 aromatic heterocycles. The Kier molecular flexibility index (Phi) is 4.82. The minimum atomic E-state index is -3.82. The van der Waals surface area contributed by atoms with Crippen molar-refractivity contribution >= 4 is 21.5 Å². The summed E-state index contributed by atoms with van der Waals surface area (Å²) in [4.78, 5) is 12.7. The maximum absolute atomic E-state index is 14.0. The van der Waals surface area contributed by atoms with Crippen molar-refractivity contribution in [2.24, 2.45) is 0 Å². The fourth-order valence-electron chi connectivity index (χ4n) is 5.58. The standard InChI is InChI=1S/C26H27NO4S/c1-17-8-10-21(11-9-17)32(29,30)27-23-7-5-4-6-22(23)26(25-15-20(28)12-13-31-25)16-19(3)18(2)14-24(26)27/h4-13,24-25H,14-16H2,1-3H3/t24-,25?,26-/m0/s1. The number of hydrogen-bond donors (Lipinski definition) is 0. The summed E-state index contributed by atoms with van der Waals surface area (Å²) in [5.41, 5.74) is 4.44. The molecule has 3 aliphatic rings. The van der Waals surface area contributed by atoms with E-state index in [9.17, 15) is 13.2 Å². The summed E-state index contributed by atoms with van der Waals surface area (Å²) < 4.78 is 35.7. The number of hydrogen-bond acceptors (Lipinski definition) is 4. The minimum Gasteiger partial charge on any atom is -0.496 e. The van der Waals surface area contributed by atoms with Gasteiger partial charge in [-0.05, 0) is 57.4 Å². The van der Waals surface area contributed by atoms with Gasteiger partial charge in [0.2, 0.25) is 0 Å². The Morgan fingerprint density at radius 2 is 1.69 bits per heavy atom. The highest BCUT2D eigenvalue weighted by Gasteiger charge is 2.60. The van der Waals surface area contributed by atoms with E-state index in [1.165, 1.54) is 23.5 Å². The summed E-state index contributed by atoms with van der Waals surface area (Å²) in [6.45, 7) is 6.12. The van der Waals surface area contributed by atoms with E-state index < -0.39 is 21.5 Å². The molecule has 3 atom stereocenters. The smallest absolute Gasteiger partial charge is 0.264 e. The molecule has 5 rings (SSSR count). The number of fused-ring (bicyclic) bond motifs is 3. The number of ether oxygens (including phenoxy) is 1. The largest absolute Gasteiger partial charge is 0.496 e. The van der Waals surface area contributed by atoms with E-state index in [-0.39, 0.29) is 23.1 Å². The lowest BCUT2D eigenvalue weighted by molar-refractivity contribution is -0.119. The van der Waals surface area contributed by atoms with Gasteiger partial charge >= 0.3 is 0 Å². The number of sulfonamides is 1. The second-order valence-electron chi connectivity index (χ2n) is 9.23. The highest BCUT2D eigenvalue weighted by molar-refractivity contribution is 7.92. The molecule has 1 unspecified atom stereocenters. The van der Waals surface area contributed by atoms with Gasteiger partial charge in [-0.1, -0.05) is 47.0 Å². The summed E-state index contributed by atoms with van der Waals surface area (Å²) >= 11 is 0. The number of aryl methyl sites for hydroxylation is 1. The molecule has 0 N–H and O–H groups in total. The molecule has 0 saturated carbocycles. The van der Waals surface area contributed by atoms with Crippen LogP contribution in [0.3, 0.4) is 0 Å². The lowest BCUT2D eigenvalue weighted by Gasteiger charge is -2.47. The van der Waals surface area contributed by atoms with E-state index in [2.05, 4.69) is 13.8 Å². The fraction of sp³-hybridized carbons (Fsp3) is 0.346. The Morgan fingerprint density at radius 1 is 0.969 bits per heavy atom. The van der Waals surface area contributed by atoms with E-state index in [1.54, 1.807) is 16.4 Å². The Morgan fingerprint density at radius 3 is 2.41 bits per heavy atom. The van der Waals surface area contributed by atoms with Gasteiger partial charge in [-0.2, -0.15) is 0 Å². The molecule has 5 nitrogen and oxygen atoms in total. The normalized spacial score (nSPS) is 27.2. The molecule has 0 bridgehead atoms. The van der Waals surface area contributed by atoms with Gasteiger partial charge in [-0.3, -0.25) is 9.10 Å². The van der Waals surface area contributed by atoms with E-state index in [1.807, 2.05) is 43.3 Å². The average molecular weight is 450 g/mol. The van der Waals surface area contributed by atoms with Gasteiger partial charge in [0.25, 0.3) is 10.0 Å². The highest BCUT2D eigenvalue weighted by atomic mass is 32.2. The lowest BCUT2D eigenvalue weighted by atomic mass is 9.62. The number of para-hydroxylation sites is 1. The molecule has 0 amide bonds. The van der Waals surface area contributed by atoms with Gasteiger partial charge in [-0.15, -0.1) is 0 Å². The van der Waals surface area contributed by atoms with Crippen LogP contribution in [0.1, 0.15) is 44.2 Å². The zero-order valence-corrected chi connectivity index (χ0v) is 19.4. The summed E-state index contributed by atoms with van der Waals surface area (Å²) in [5, 5.41) is 0. The van der Waals surface area contributed by atoms with Crippen LogP contribution in [0, 0.1) is 6.92 Å². The summed E-state index contributed by atoms with van der Waals surface area (Å²) in [6, 6.07) is 14.3. The van der Waals surface area contributed by atoms with Gasteiger partial charge in [0.05, 0.1) is 28.3 Å². The van der Waals surface area contributed by atoms with Crippen molar-refractivity contribution < 1.29 is 17.9 Å². The van der Waals surface area contributed by atoms with Crippen molar-refractivity contribution in [3.63, 3.8) is 0 Å². The minimum absolute atomic E-state index is 0.00984. The predicted octanol–water partition coefficient (Wildman–Crippen LogP) is 4.81. The van der Waals surface area contributed by atoms with Crippen LogP contribution < -0.4 is 4.31 Å². The van der Waals surface area contributed by atoms with Crippen molar-refractivity contribution in [3.8, 4) is 0 Å². The van der Waals surface area contributed by atoms with Gasteiger partial charge in [0, 0.05) is 12.5 Å². The first-order chi connectivity index (χ1) is 15.2. The van der Waals surface area contributed by atoms with Crippen LogP contribution >= 0.6 is 0 Å². The van der Waals surface area contributed by atoms with Crippen molar-refractivity contribution in [2.75, 3.05) is 4.31 Å². The maximum Gasteiger partial charge on any atom is 0.264 e. The second kappa shape index (κ2) is 7.34. The van der Waals surface area contributed by atoms with E-state index in [4.69, 9.17) is 4.74 Å². The van der Waals surface area contributed by atoms with E-state index >= 15 is 0 Å². The summed E-state index contributed by atoms with van der Waals surface area (Å²) in [7, 11) is -3.82. The van der Waals surface area contributed by atoms with Crippen LogP contribution in [0.4, 0.5) is 5.69 Å². The number of carbonyl (C=O) groups excluding carboxylic acids is 1. The van der Waals surface area contributed by atoms with Crippen LogP contribution in [-0.4, -0.2) is 26.3 Å². The first-order valence-electron chi connectivity index (χ1n) is 11.0. The topological polar surface area (TPSA) is 63.7 Å². The van der Waals surface area contributed by atoms with Crippen LogP contribution in [0.25, 0.3) is 0 Å². The number of anilines is 1. The molecular formula is C26H27NO4S. The molecule has 32 heavy (non-hydrogen) atoms. The molecule has 2 heterocycles. The number of ketones is 1. The van der Waals surface area contributed by atoms with Crippen LogP contribution in [-0.2, 0) is 25.0 Å². The molecular weight excluding hydrogens is 422 g/mol. The first-order valence-corrected chi connectivity index (χ1v) is 12.4. The number of benzene rings is 2. The average Bonchev–Trinajstić information content (AvgIpc) is 3.05. The van der Waals surface area contributed by atoms with Crippen LogP contribution in [0.2, 0.25) is 0 Å². The van der Waals surface area contributed by atoms with E-state index in [0.717, 1.165) is 11.1 Å². The molecule has 2 aromatic rings. The van der Waals surface area contributed by atoms with Gasteiger partial charge in [-0.25, -0.2) is 8.42 Å². The van der Waals surface area contributed by atoms with Crippen LogP contribution in [0.15, 0.2) is 76.9 Å². The molecule has 1 aliphatic carbocycles.